The van der Waals surface area contributed by atoms with E-state index >= 15 is 0 Å². The van der Waals surface area contributed by atoms with E-state index < -0.39 is 0 Å². The fourth-order valence-corrected chi connectivity index (χ4v) is 2.50. The highest BCUT2D eigenvalue weighted by atomic mass is 16.5. The van der Waals surface area contributed by atoms with E-state index in [4.69, 9.17) is 4.74 Å². The van der Waals surface area contributed by atoms with E-state index in [0.29, 0.717) is 0 Å². The highest BCUT2D eigenvalue weighted by Gasteiger charge is 1.95. The van der Waals surface area contributed by atoms with Gasteiger partial charge in [-0.1, -0.05) is 46.0 Å². The first-order chi connectivity index (χ1) is 11.4. The molecular weight excluding hydrogens is 284 g/mol. The van der Waals surface area contributed by atoms with Crippen molar-refractivity contribution in [1.29, 1.82) is 0 Å². The zero-order valence-corrected chi connectivity index (χ0v) is 15.2. The van der Waals surface area contributed by atoms with Crippen molar-refractivity contribution in [3.05, 3.63) is 24.3 Å². The Kier molecular flexibility index (Phi) is 12.4. The number of unbranched alkanes of at least 4 members (excludes halogenated alkanes) is 5. The summed E-state index contributed by atoms with van der Waals surface area (Å²) in [6, 6.07) is 8.62. The zero-order chi connectivity index (χ0) is 16.6. The molecule has 0 saturated heterocycles. The molecule has 1 aromatic rings. The Bertz CT molecular complexity index is 364. The predicted octanol–water partition coefficient (Wildman–Crippen LogP) is 5.69. The van der Waals surface area contributed by atoms with Crippen molar-refractivity contribution in [2.45, 2.75) is 65.2 Å². The van der Waals surface area contributed by atoms with Gasteiger partial charge in [0.2, 0.25) is 0 Å². The van der Waals surface area contributed by atoms with E-state index in [-0.39, 0.29) is 0 Å². The minimum atomic E-state index is 0.846. The van der Waals surface area contributed by atoms with Crippen LogP contribution in [0.1, 0.15) is 65.2 Å². The van der Waals surface area contributed by atoms with Crippen molar-refractivity contribution in [3.8, 4) is 0 Å². The number of hydrogen-bond acceptors (Lipinski definition) is 3. The van der Waals surface area contributed by atoms with Crippen LogP contribution >= 0.6 is 0 Å². The summed E-state index contributed by atoms with van der Waals surface area (Å²) in [5, 5.41) is 6.94. The third-order valence-corrected chi connectivity index (χ3v) is 3.89. The molecule has 0 saturated carbocycles. The summed E-state index contributed by atoms with van der Waals surface area (Å²) in [7, 11) is 0. The van der Waals surface area contributed by atoms with E-state index in [2.05, 4.69) is 48.7 Å². The third kappa shape index (κ3) is 11.0. The summed E-state index contributed by atoms with van der Waals surface area (Å²) in [5.41, 5.74) is 2.40. The molecule has 0 heterocycles. The second kappa shape index (κ2) is 14.4. The van der Waals surface area contributed by atoms with Gasteiger partial charge in [-0.2, -0.15) is 0 Å². The van der Waals surface area contributed by atoms with Crippen LogP contribution in [0.2, 0.25) is 0 Å². The molecule has 23 heavy (non-hydrogen) atoms. The molecule has 3 nitrogen and oxygen atoms in total. The average Bonchev–Trinajstić information content (AvgIpc) is 2.58. The largest absolute Gasteiger partial charge is 0.385 e. The van der Waals surface area contributed by atoms with Gasteiger partial charge in [0.1, 0.15) is 0 Å². The van der Waals surface area contributed by atoms with E-state index in [1.807, 2.05) is 0 Å². The van der Waals surface area contributed by atoms with Crippen molar-refractivity contribution in [1.82, 2.24) is 0 Å². The quantitative estimate of drug-likeness (QED) is 0.407. The van der Waals surface area contributed by atoms with E-state index in [1.165, 1.54) is 49.9 Å². The highest BCUT2D eigenvalue weighted by molar-refractivity contribution is 5.53. The van der Waals surface area contributed by atoms with Gasteiger partial charge in [0.25, 0.3) is 0 Å². The maximum absolute atomic E-state index is 5.48. The molecule has 0 spiro atoms. The molecule has 2 N–H and O–H groups in total. The van der Waals surface area contributed by atoms with Gasteiger partial charge in [-0.05, 0) is 43.5 Å². The minimum Gasteiger partial charge on any atom is -0.385 e. The smallest absolute Gasteiger partial charge is 0.0482 e. The summed E-state index contributed by atoms with van der Waals surface area (Å²) < 4.78 is 5.48. The lowest BCUT2D eigenvalue weighted by Gasteiger charge is -2.09. The maximum atomic E-state index is 5.48. The molecule has 0 atom stereocenters. The highest BCUT2D eigenvalue weighted by Crippen LogP contribution is 2.14. The van der Waals surface area contributed by atoms with Crippen LogP contribution in [0.15, 0.2) is 24.3 Å². The lowest BCUT2D eigenvalue weighted by Crippen LogP contribution is -2.06. The molecule has 0 fully saturated rings. The molecule has 0 aliphatic heterocycles. The summed E-state index contributed by atoms with van der Waals surface area (Å²) >= 11 is 0. The third-order valence-electron chi connectivity index (χ3n) is 3.89. The van der Waals surface area contributed by atoms with Crippen LogP contribution < -0.4 is 10.6 Å². The Hall–Kier alpha value is -1.22. The molecule has 0 aliphatic rings. The van der Waals surface area contributed by atoms with Crippen molar-refractivity contribution in [2.24, 2.45) is 0 Å². The Morgan fingerprint density at radius 1 is 0.652 bits per heavy atom. The van der Waals surface area contributed by atoms with Crippen LogP contribution in [0.5, 0.6) is 0 Å². The van der Waals surface area contributed by atoms with Crippen LogP contribution in [0.4, 0.5) is 11.4 Å². The van der Waals surface area contributed by atoms with Crippen molar-refractivity contribution in [3.63, 3.8) is 0 Å². The molecule has 0 unspecified atom stereocenters. The zero-order valence-electron chi connectivity index (χ0n) is 15.2. The van der Waals surface area contributed by atoms with Crippen LogP contribution in [0.25, 0.3) is 0 Å². The Morgan fingerprint density at radius 3 is 1.83 bits per heavy atom. The Morgan fingerprint density at radius 2 is 1.22 bits per heavy atom. The lowest BCUT2D eigenvalue weighted by atomic mass is 10.1. The van der Waals surface area contributed by atoms with Gasteiger partial charge in [0, 0.05) is 37.7 Å². The second-order valence-electron chi connectivity index (χ2n) is 6.16. The minimum absolute atomic E-state index is 0.846. The van der Waals surface area contributed by atoms with Crippen molar-refractivity contribution < 1.29 is 4.74 Å². The molecule has 1 aromatic carbocycles. The first-order valence-corrected chi connectivity index (χ1v) is 9.52. The van der Waals surface area contributed by atoms with E-state index in [9.17, 15) is 0 Å². The normalized spacial score (nSPS) is 10.7. The van der Waals surface area contributed by atoms with Crippen molar-refractivity contribution >= 4 is 11.4 Å². The van der Waals surface area contributed by atoms with Gasteiger partial charge in [0.15, 0.2) is 0 Å². The number of nitrogens with one attached hydrogen (secondary N) is 2. The molecule has 132 valence electrons. The average molecular weight is 321 g/mol. The molecule has 0 amide bonds. The lowest BCUT2D eigenvalue weighted by molar-refractivity contribution is 0.134. The second-order valence-corrected chi connectivity index (χ2v) is 6.16. The van der Waals surface area contributed by atoms with E-state index in [1.54, 1.807) is 0 Å². The molecule has 0 aromatic heterocycles. The van der Waals surface area contributed by atoms with Crippen molar-refractivity contribution in [2.75, 3.05) is 36.9 Å². The number of hydrogen-bond donors (Lipinski definition) is 2. The Labute approximate surface area is 143 Å². The van der Waals surface area contributed by atoms with E-state index in [0.717, 1.165) is 39.1 Å². The number of ether oxygens (including phenoxy) is 1. The van der Waals surface area contributed by atoms with Crippen LogP contribution in [-0.4, -0.2) is 26.3 Å². The first kappa shape index (κ1) is 19.8. The first-order valence-electron chi connectivity index (χ1n) is 9.52. The molecule has 0 aliphatic carbocycles. The SMILES string of the molecule is CCCCCCCCNc1ccc(NCCCOCCC)cc1. The van der Waals surface area contributed by atoms with Crippen LogP contribution in [0.3, 0.4) is 0 Å². The summed E-state index contributed by atoms with van der Waals surface area (Å²) in [6.07, 6.45) is 10.2. The summed E-state index contributed by atoms with van der Waals surface area (Å²) in [5.74, 6) is 0. The van der Waals surface area contributed by atoms with Gasteiger partial charge in [-0.15, -0.1) is 0 Å². The number of anilines is 2. The Balaban J connectivity index is 2.04. The number of benzene rings is 1. The fourth-order valence-electron chi connectivity index (χ4n) is 2.50. The van der Waals surface area contributed by atoms with Gasteiger partial charge >= 0.3 is 0 Å². The van der Waals surface area contributed by atoms with Gasteiger partial charge in [-0.25, -0.2) is 0 Å². The molecule has 0 bridgehead atoms. The monoisotopic (exact) mass is 320 g/mol. The summed E-state index contributed by atoms with van der Waals surface area (Å²) in [6.45, 7) is 8.17. The van der Waals surface area contributed by atoms with Gasteiger partial charge in [0.05, 0.1) is 0 Å². The molecule has 3 heteroatoms. The maximum Gasteiger partial charge on any atom is 0.0482 e. The fraction of sp³-hybridized carbons (Fsp3) is 0.700. The van der Waals surface area contributed by atoms with Crippen LogP contribution in [0, 0.1) is 0 Å². The van der Waals surface area contributed by atoms with Gasteiger partial charge < -0.3 is 15.4 Å². The van der Waals surface area contributed by atoms with Crippen LogP contribution in [-0.2, 0) is 4.74 Å². The van der Waals surface area contributed by atoms with Gasteiger partial charge in [-0.3, -0.25) is 0 Å². The predicted molar refractivity (Wildman–Crippen MR) is 103 cm³/mol. The number of rotatable bonds is 15. The topological polar surface area (TPSA) is 33.3 Å². The summed E-state index contributed by atoms with van der Waals surface area (Å²) in [4.78, 5) is 0. The molecule has 1 rings (SSSR count). The standard InChI is InChI=1S/C20H36N2O/c1-3-5-6-7-8-9-15-21-19-11-13-20(14-12-19)22-16-10-18-23-17-4-2/h11-14,21-22H,3-10,15-18H2,1-2H3. The molecular formula is C20H36N2O. The molecule has 0 radical (unpaired) electrons.